The minimum atomic E-state index is -0.534. The predicted octanol–water partition coefficient (Wildman–Crippen LogP) is 2.04. The van der Waals surface area contributed by atoms with Crippen molar-refractivity contribution in [3.05, 3.63) is 39.4 Å². The number of nitro benzene ring substituents is 1. The molecule has 0 aliphatic carbocycles. The van der Waals surface area contributed by atoms with E-state index in [1.54, 1.807) is 19.1 Å². The van der Waals surface area contributed by atoms with Crippen LogP contribution in [0.1, 0.15) is 29.3 Å². The summed E-state index contributed by atoms with van der Waals surface area (Å²) in [6, 6.07) is 4.60. The summed E-state index contributed by atoms with van der Waals surface area (Å²) in [6.07, 6.45) is 0.797. The number of nitrogens with zero attached hydrogens (tertiary/aromatic N) is 1. The molecule has 0 atom stereocenters. The first-order valence-corrected chi connectivity index (χ1v) is 5.10. The fourth-order valence-corrected chi connectivity index (χ4v) is 1.43. The van der Waals surface area contributed by atoms with E-state index in [0.29, 0.717) is 12.1 Å². The molecule has 0 spiro atoms. The lowest BCUT2D eigenvalue weighted by atomic mass is 10.1. The van der Waals surface area contributed by atoms with Gasteiger partial charge < -0.3 is 5.32 Å². The second kappa shape index (κ2) is 5.25. The topological polar surface area (TPSA) is 72.2 Å². The van der Waals surface area contributed by atoms with Gasteiger partial charge in [-0.1, -0.05) is 19.1 Å². The Labute approximate surface area is 93.6 Å². The summed E-state index contributed by atoms with van der Waals surface area (Å²) in [4.78, 5) is 22.0. The van der Waals surface area contributed by atoms with E-state index in [4.69, 9.17) is 0 Å². The molecule has 1 aromatic rings. The molecular weight excluding hydrogens is 208 g/mol. The Balaban J connectivity index is 3.10. The molecule has 0 unspecified atom stereocenters. The maximum atomic E-state index is 11.7. The minimum absolute atomic E-state index is 0.145. The Hall–Kier alpha value is -1.91. The van der Waals surface area contributed by atoms with Crippen LogP contribution in [0.5, 0.6) is 0 Å². The molecule has 0 aromatic heterocycles. The zero-order chi connectivity index (χ0) is 12.1. The lowest BCUT2D eigenvalue weighted by molar-refractivity contribution is -0.385. The third-order valence-corrected chi connectivity index (χ3v) is 2.21. The number of benzene rings is 1. The number of carbonyl (C=O) groups is 1. The molecule has 1 aromatic carbocycles. The van der Waals surface area contributed by atoms with E-state index in [1.165, 1.54) is 6.07 Å². The van der Waals surface area contributed by atoms with E-state index in [1.807, 2.05) is 6.92 Å². The number of amides is 1. The second-order valence-corrected chi connectivity index (χ2v) is 3.48. The summed E-state index contributed by atoms with van der Waals surface area (Å²) in [7, 11) is 0. The van der Waals surface area contributed by atoms with Crippen LogP contribution in [-0.4, -0.2) is 17.4 Å². The normalized spacial score (nSPS) is 9.88. The van der Waals surface area contributed by atoms with Crippen molar-refractivity contribution in [2.24, 2.45) is 0 Å². The van der Waals surface area contributed by atoms with Crippen molar-refractivity contribution in [3.63, 3.8) is 0 Å². The molecule has 0 bridgehead atoms. The highest BCUT2D eigenvalue weighted by molar-refractivity contribution is 5.99. The highest BCUT2D eigenvalue weighted by Crippen LogP contribution is 2.21. The Morgan fingerprint density at radius 3 is 2.75 bits per heavy atom. The number of nitro groups is 1. The maximum absolute atomic E-state index is 11.7. The maximum Gasteiger partial charge on any atom is 0.282 e. The Kier molecular flexibility index (Phi) is 3.99. The predicted molar refractivity (Wildman–Crippen MR) is 60.5 cm³/mol. The van der Waals surface area contributed by atoms with E-state index in [9.17, 15) is 14.9 Å². The molecule has 0 heterocycles. The Morgan fingerprint density at radius 2 is 2.19 bits per heavy atom. The third-order valence-electron chi connectivity index (χ3n) is 2.21. The monoisotopic (exact) mass is 222 g/mol. The molecule has 5 nitrogen and oxygen atoms in total. The molecular formula is C11H14N2O3. The first-order valence-electron chi connectivity index (χ1n) is 5.10. The second-order valence-electron chi connectivity index (χ2n) is 3.48. The van der Waals surface area contributed by atoms with Crippen LogP contribution in [0, 0.1) is 17.0 Å². The van der Waals surface area contributed by atoms with Crippen LogP contribution in [0.3, 0.4) is 0 Å². The number of carbonyl (C=O) groups excluding carboxylic acids is 1. The van der Waals surface area contributed by atoms with Gasteiger partial charge in [0.25, 0.3) is 11.6 Å². The lowest BCUT2D eigenvalue weighted by Gasteiger charge is -2.06. The summed E-state index contributed by atoms with van der Waals surface area (Å²) >= 11 is 0. The fourth-order valence-electron chi connectivity index (χ4n) is 1.43. The van der Waals surface area contributed by atoms with Gasteiger partial charge in [0.1, 0.15) is 5.56 Å². The smallest absolute Gasteiger partial charge is 0.282 e. The molecule has 0 saturated carbocycles. The number of hydrogen-bond donors (Lipinski definition) is 1. The summed E-state index contributed by atoms with van der Waals surface area (Å²) in [5, 5.41) is 13.4. The summed E-state index contributed by atoms with van der Waals surface area (Å²) in [6.45, 7) is 4.13. The SMILES string of the molecule is CCCNC(=O)c1c(C)cccc1[N+](=O)[O-]. The molecule has 16 heavy (non-hydrogen) atoms. The van der Waals surface area contributed by atoms with Gasteiger partial charge in [-0.2, -0.15) is 0 Å². The van der Waals surface area contributed by atoms with Crippen molar-refractivity contribution in [3.8, 4) is 0 Å². The standard InChI is InChI=1S/C11H14N2O3/c1-3-7-12-11(14)10-8(2)5-4-6-9(10)13(15)16/h4-6H,3,7H2,1-2H3,(H,12,14). The lowest BCUT2D eigenvalue weighted by Crippen LogP contribution is -2.25. The third kappa shape index (κ3) is 2.56. The molecule has 86 valence electrons. The number of rotatable bonds is 4. The molecule has 0 radical (unpaired) electrons. The fraction of sp³-hybridized carbons (Fsp3) is 0.364. The number of nitrogens with one attached hydrogen (secondary N) is 1. The summed E-state index contributed by atoms with van der Waals surface area (Å²) in [5.41, 5.74) is 0.623. The van der Waals surface area contributed by atoms with Crippen LogP contribution in [0.2, 0.25) is 0 Å². The highest BCUT2D eigenvalue weighted by Gasteiger charge is 2.21. The van der Waals surface area contributed by atoms with Gasteiger partial charge in [-0.3, -0.25) is 14.9 Å². The van der Waals surface area contributed by atoms with Crippen LogP contribution in [0.15, 0.2) is 18.2 Å². The average molecular weight is 222 g/mol. The van der Waals surface area contributed by atoms with Crippen molar-refractivity contribution >= 4 is 11.6 Å². The quantitative estimate of drug-likeness (QED) is 0.625. The van der Waals surface area contributed by atoms with Gasteiger partial charge in [0.2, 0.25) is 0 Å². The van der Waals surface area contributed by atoms with Crippen LogP contribution in [0.25, 0.3) is 0 Å². The van der Waals surface area contributed by atoms with Crippen LogP contribution in [-0.2, 0) is 0 Å². The van der Waals surface area contributed by atoms with Crippen molar-refractivity contribution in [1.29, 1.82) is 0 Å². The van der Waals surface area contributed by atoms with Gasteiger partial charge in [-0.05, 0) is 18.9 Å². The molecule has 1 N–H and O–H groups in total. The van der Waals surface area contributed by atoms with Gasteiger partial charge in [0.05, 0.1) is 4.92 Å². The summed E-state index contributed by atoms with van der Waals surface area (Å²) in [5.74, 6) is -0.383. The van der Waals surface area contributed by atoms with E-state index in [-0.39, 0.29) is 17.2 Å². The van der Waals surface area contributed by atoms with E-state index in [2.05, 4.69) is 5.32 Å². The Bertz CT molecular complexity index is 416. The van der Waals surface area contributed by atoms with Crippen molar-refractivity contribution in [2.45, 2.75) is 20.3 Å². The molecule has 0 aliphatic rings. The first-order chi connectivity index (χ1) is 7.57. The van der Waals surface area contributed by atoms with Gasteiger partial charge in [-0.15, -0.1) is 0 Å². The minimum Gasteiger partial charge on any atom is -0.352 e. The van der Waals surface area contributed by atoms with Crippen LogP contribution >= 0.6 is 0 Å². The van der Waals surface area contributed by atoms with Gasteiger partial charge in [-0.25, -0.2) is 0 Å². The van der Waals surface area contributed by atoms with Crippen LogP contribution < -0.4 is 5.32 Å². The van der Waals surface area contributed by atoms with Gasteiger partial charge >= 0.3 is 0 Å². The van der Waals surface area contributed by atoms with Crippen molar-refractivity contribution < 1.29 is 9.72 Å². The first kappa shape index (κ1) is 12.2. The molecule has 0 saturated heterocycles. The van der Waals surface area contributed by atoms with E-state index < -0.39 is 4.92 Å². The number of aryl methyl sites for hydroxylation is 1. The average Bonchev–Trinajstić information content (AvgIpc) is 2.25. The van der Waals surface area contributed by atoms with Gasteiger partial charge in [0.15, 0.2) is 0 Å². The Morgan fingerprint density at radius 1 is 1.50 bits per heavy atom. The molecule has 0 fully saturated rings. The van der Waals surface area contributed by atoms with Crippen LogP contribution in [0.4, 0.5) is 5.69 Å². The molecule has 1 rings (SSSR count). The molecule has 0 aliphatic heterocycles. The van der Waals surface area contributed by atoms with E-state index >= 15 is 0 Å². The zero-order valence-electron chi connectivity index (χ0n) is 9.32. The summed E-state index contributed by atoms with van der Waals surface area (Å²) < 4.78 is 0. The zero-order valence-corrected chi connectivity index (χ0v) is 9.32. The molecule has 5 heteroatoms. The number of hydrogen-bond acceptors (Lipinski definition) is 3. The largest absolute Gasteiger partial charge is 0.352 e. The highest BCUT2D eigenvalue weighted by atomic mass is 16.6. The van der Waals surface area contributed by atoms with Crippen molar-refractivity contribution in [1.82, 2.24) is 5.32 Å². The van der Waals surface area contributed by atoms with Crippen molar-refractivity contribution in [2.75, 3.05) is 6.54 Å². The molecule has 1 amide bonds. The van der Waals surface area contributed by atoms with Gasteiger partial charge in [0, 0.05) is 12.6 Å². The van der Waals surface area contributed by atoms with E-state index in [0.717, 1.165) is 6.42 Å².